The van der Waals surface area contributed by atoms with Gasteiger partial charge < -0.3 is 14.8 Å². The fraction of sp³-hybridized carbons (Fsp3) is 0.176. The third-order valence-electron chi connectivity index (χ3n) is 3.53. The molecule has 0 bridgehead atoms. The van der Waals surface area contributed by atoms with Gasteiger partial charge in [-0.25, -0.2) is 18.1 Å². The minimum absolute atomic E-state index is 0. The van der Waals surface area contributed by atoms with Gasteiger partial charge in [-0.1, -0.05) is 23.5 Å². The average molecular weight is 412 g/mol. The molecule has 3 N–H and O–H groups in total. The number of amides is 1. The van der Waals surface area contributed by atoms with Crippen LogP contribution in [0.2, 0.25) is 0 Å². The molecule has 0 radical (unpaired) electrons. The number of sulfonamides is 1. The Labute approximate surface area is 162 Å². The topological polar surface area (TPSA) is 122 Å². The maximum atomic E-state index is 12.4. The lowest BCUT2D eigenvalue weighted by molar-refractivity contribution is -0.114. The maximum absolute atomic E-state index is 12.4. The number of thiazole rings is 1. The molecule has 2 heterocycles. The number of rotatable bonds is 6. The van der Waals surface area contributed by atoms with E-state index in [1.54, 1.807) is 25.1 Å². The molecule has 0 atom stereocenters. The summed E-state index contributed by atoms with van der Waals surface area (Å²) in [6, 6.07) is 9.20. The smallest absolute Gasteiger partial charge is 0.274 e. The van der Waals surface area contributed by atoms with Crippen molar-refractivity contribution in [3.05, 3.63) is 47.7 Å². The number of hydrogen-bond donors (Lipinski definition) is 3. The number of nitrogens with zero attached hydrogens (tertiary/aromatic N) is 1. The van der Waals surface area contributed by atoms with Crippen molar-refractivity contribution in [3.63, 3.8) is 0 Å². The molecule has 0 spiro atoms. The van der Waals surface area contributed by atoms with E-state index in [0.717, 1.165) is 0 Å². The van der Waals surface area contributed by atoms with Crippen LogP contribution in [0, 0.1) is 6.92 Å². The molecule has 0 aliphatic rings. The van der Waals surface area contributed by atoms with Crippen molar-refractivity contribution in [2.45, 2.75) is 25.5 Å². The number of aromatic nitrogens is 1. The zero-order chi connectivity index (χ0) is 19.6. The Morgan fingerprint density at radius 2 is 2.11 bits per heavy atom. The molecule has 3 aromatic rings. The molecule has 27 heavy (non-hydrogen) atoms. The Morgan fingerprint density at radius 3 is 2.81 bits per heavy atom. The number of carbonyl (C=O) groups excluding carboxylic acids is 1. The molecule has 1 amide bonds. The number of hydrogen-bond acceptors (Lipinski definition) is 7. The number of phenols is 1. The summed E-state index contributed by atoms with van der Waals surface area (Å²) in [6.45, 7) is 3.14. The second kappa shape index (κ2) is 7.51. The van der Waals surface area contributed by atoms with Crippen LogP contribution >= 0.6 is 11.3 Å². The number of furan rings is 1. The highest BCUT2D eigenvalue weighted by atomic mass is 32.2. The minimum atomic E-state index is -3.87. The first-order chi connectivity index (χ1) is 12.7. The summed E-state index contributed by atoms with van der Waals surface area (Å²) < 4.78 is 32.8. The number of nitrogens with one attached hydrogen (secondary N) is 2. The Balaban J connectivity index is 0.00000210. The fourth-order valence-corrected chi connectivity index (χ4v) is 4.25. The van der Waals surface area contributed by atoms with Gasteiger partial charge in [-0.05, 0) is 36.8 Å². The van der Waals surface area contributed by atoms with Gasteiger partial charge in [0.05, 0.1) is 10.6 Å². The minimum Gasteiger partial charge on any atom is -0.508 e. The molecule has 0 fully saturated rings. The van der Waals surface area contributed by atoms with Crippen LogP contribution in [-0.4, -0.2) is 24.4 Å². The highest BCUT2D eigenvalue weighted by molar-refractivity contribution is 7.89. The van der Waals surface area contributed by atoms with Crippen molar-refractivity contribution in [1.82, 2.24) is 9.71 Å². The van der Waals surface area contributed by atoms with Crippen molar-refractivity contribution >= 4 is 32.4 Å². The molecule has 0 unspecified atom stereocenters. The molecule has 0 saturated carbocycles. The van der Waals surface area contributed by atoms with Crippen LogP contribution in [-0.2, 0) is 21.4 Å². The molecule has 0 saturated heterocycles. The Morgan fingerprint density at radius 1 is 1.33 bits per heavy atom. The highest BCUT2D eigenvalue weighted by Crippen LogP contribution is 2.34. The van der Waals surface area contributed by atoms with Gasteiger partial charge in [-0.2, -0.15) is 0 Å². The zero-order valence-corrected chi connectivity index (χ0v) is 16.1. The van der Waals surface area contributed by atoms with Crippen LogP contribution in [0.15, 0.2) is 45.9 Å². The van der Waals surface area contributed by atoms with E-state index < -0.39 is 10.0 Å². The van der Waals surface area contributed by atoms with Crippen LogP contribution in [0.3, 0.4) is 0 Å². The molecule has 0 aliphatic heterocycles. The van der Waals surface area contributed by atoms with E-state index in [1.165, 1.54) is 36.5 Å². The lowest BCUT2D eigenvalue weighted by Crippen LogP contribution is -2.22. The van der Waals surface area contributed by atoms with E-state index in [-0.39, 0.29) is 26.1 Å². The van der Waals surface area contributed by atoms with E-state index >= 15 is 0 Å². The summed E-state index contributed by atoms with van der Waals surface area (Å²) in [5.41, 5.74) is 1.23. The van der Waals surface area contributed by atoms with Crippen LogP contribution < -0.4 is 10.0 Å². The van der Waals surface area contributed by atoms with E-state index in [2.05, 4.69) is 15.0 Å². The number of aryl methyl sites for hydroxylation is 1. The summed E-state index contributed by atoms with van der Waals surface area (Å²) >= 11 is 1.20. The van der Waals surface area contributed by atoms with Crippen molar-refractivity contribution in [3.8, 4) is 16.4 Å². The lowest BCUT2D eigenvalue weighted by Gasteiger charge is -2.05. The van der Waals surface area contributed by atoms with Crippen molar-refractivity contribution < 1.29 is 25.6 Å². The van der Waals surface area contributed by atoms with Gasteiger partial charge in [0.15, 0.2) is 5.13 Å². The molecule has 0 aliphatic carbocycles. The second-order valence-corrected chi connectivity index (χ2v) is 8.42. The van der Waals surface area contributed by atoms with Crippen molar-refractivity contribution in [1.29, 1.82) is 0 Å². The lowest BCUT2D eigenvalue weighted by atomic mass is 10.2. The Kier molecular flexibility index (Phi) is 5.31. The molecule has 3 rings (SSSR count). The summed E-state index contributed by atoms with van der Waals surface area (Å²) in [5, 5.41) is 12.2. The third kappa shape index (κ3) is 4.54. The second-order valence-electron chi connectivity index (χ2n) is 5.73. The molecular weight excluding hydrogens is 390 g/mol. The van der Waals surface area contributed by atoms with Crippen molar-refractivity contribution in [2.75, 3.05) is 5.32 Å². The number of benzene rings is 1. The Hall–Kier alpha value is -2.69. The molecule has 1 aromatic carbocycles. The number of aromatic hydroxyl groups is 1. The summed E-state index contributed by atoms with van der Waals surface area (Å²) in [7, 11) is -3.87. The van der Waals surface area contributed by atoms with Gasteiger partial charge in [0.2, 0.25) is 11.0 Å². The molecule has 8 nitrogen and oxygen atoms in total. The summed E-state index contributed by atoms with van der Waals surface area (Å²) in [6.07, 6.45) is 0. The van der Waals surface area contributed by atoms with Gasteiger partial charge in [-0.3, -0.25) is 4.79 Å². The van der Waals surface area contributed by atoms with Crippen LogP contribution in [0.1, 0.15) is 21.0 Å². The molecule has 2 aromatic heterocycles. The first-order valence-electron chi connectivity index (χ1n) is 7.87. The Bertz CT molecular complexity index is 1100. The monoisotopic (exact) mass is 411 g/mol. The molecular formula is C17H21N3O5S2. The predicted molar refractivity (Wildman–Crippen MR) is 105 cm³/mol. The van der Waals surface area contributed by atoms with E-state index in [4.69, 9.17) is 4.42 Å². The van der Waals surface area contributed by atoms with E-state index in [0.29, 0.717) is 27.0 Å². The number of anilines is 1. The standard InChI is InChI=1S/C17H17N3O5S2.2H2/c1-10-16(26-17(19-10)20-11(2)21)14-6-7-15(25-14)27(23,24)18-9-12-4-3-5-13(22)8-12;;/h3-8,18,22H,9H2,1-2H3,(H,19,20,21);2*1H. The fourth-order valence-electron chi connectivity index (χ4n) is 2.33. The number of carbonyl (C=O) groups is 1. The number of phenolic OH excluding ortho intramolecular Hbond substituents is 1. The summed E-state index contributed by atoms with van der Waals surface area (Å²) in [4.78, 5) is 16.0. The van der Waals surface area contributed by atoms with Crippen molar-refractivity contribution in [2.24, 2.45) is 0 Å². The van der Waals surface area contributed by atoms with Crippen LogP contribution in [0.25, 0.3) is 10.6 Å². The highest BCUT2D eigenvalue weighted by Gasteiger charge is 2.21. The molecule has 146 valence electrons. The largest absolute Gasteiger partial charge is 0.508 e. The molecule has 10 heteroatoms. The maximum Gasteiger partial charge on any atom is 0.274 e. The van der Waals surface area contributed by atoms with Gasteiger partial charge in [-0.15, -0.1) is 0 Å². The van der Waals surface area contributed by atoms with Crippen LogP contribution in [0.4, 0.5) is 5.13 Å². The normalized spacial score (nSPS) is 11.5. The van der Waals surface area contributed by atoms with E-state index in [9.17, 15) is 18.3 Å². The zero-order valence-electron chi connectivity index (χ0n) is 14.5. The first-order valence-corrected chi connectivity index (χ1v) is 10.2. The predicted octanol–water partition coefficient (Wildman–Crippen LogP) is 3.35. The van der Waals surface area contributed by atoms with Crippen LogP contribution in [0.5, 0.6) is 5.75 Å². The van der Waals surface area contributed by atoms with Gasteiger partial charge in [0.25, 0.3) is 10.0 Å². The van der Waals surface area contributed by atoms with Gasteiger partial charge in [0, 0.05) is 16.3 Å². The van der Waals surface area contributed by atoms with E-state index in [1.807, 2.05) is 0 Å². The quantitative estimate of drug-likeness (QED) is 0.572. The SMILES string of the molecule is CC(=O)Nc1nc(C)c(-c2ccc(S(=O)(=O)NCc3cccc(O)c3)o2)s1.[HH].[HH]. The van der Waals surface area contributed by atoms with Gasteiger partial charge >= 0.3 is 0 Å². The third-order valence-corrected chi connectivity index (χ3v) is 5.89. The average Bonchev–Trinajstić information content (AvgIpc) is 3.20. The van der Waals surface area contributed by atoms with Gasteiger partial charge in [0.1, 0.15) is 11.5 Å². The summed E-state index contributed by atoms with van der Waals surface area (Å²) in [5.74, 6) is 0.163. The first kappa shape index (κ1) is 19.1.